The molecule has 1 heterocycles. The van der Waals surface area contributed by atoms with Crippen molar-refractivity contribution in [1.29, 1.82) is 0 Å². The van der Waals surface area contributed by atoms with Crippen molar-refractivity contribution in [3.63, 3.8) is 0 Å². The van der Waals surface area contributed by atoms with E-state index in [1.165, 1.54) is 11.1 Å². The Morgan fingerprint density at radius 3 is 2.43 bits per heavy atom. The smallest absolute Gasteiger partial charge is 0.237 e. The lowest BCUT2D eigenvalue weighted by Crippen LogP contribution is -2.56. The number of rotatable bonds is 6. The first-order valence-corrected chi connectivity index (χ1v) is 8.58. The molecule has 4 heteroatoms. The van der Waals surface area contributed by atoms with Crippen molar-refractivity contribution in [1.82, 2.24) is 10.2 Å². The van der Waals surface area contributed by atoms with E-state index in [4.69, 9.17) is 0 Å². The van der Waals surface area contributed by atoms with Crippen molar-refractivity contribution >= 4 is 5.91 Å². The van der Waals surface area contributed by atoms with Gasteiger partial charge in [-0.2, -0.15) is 0 Å². The second-order valence-electron chi connectivity index (χ2n) is 7.58. The van der Waals surface area contributed by atoms with E-state index in [1.54, 1.807) is 0 Å². The topological polar surface area (TPSA) is 52.6 Å². The molecule has 1 aliphatic heterocycles. The molecular weight excluding hydrogens is 288 g/mol. The molecule has 0 radical (unpaired) electrons. The number of benzene rings is 1. The Kier molecular flexibility index (Phi) is 5.82. The van der Waals surface area contributed by atoms with Crippen LogP contribution in [0.15, 0.2) is 24.3 Å². The fourth-order valence-electron chi connectivity index (χ4n) is 3.13. The maximum Gasteiger partial charge on any atom is 0.237 e. The molecule has 0 unspecified atom stereocenters. The van der Waals surface area contributed by atoms with E-state index < -0.39 is 5.60 Å². The molecule has 1 aliphatic rings. The predicted molar refractivity (Wildman–Crippen MR) is 93.1 cm³/mol. The Labute approximate surface area is 139 Å². The van der Waals surface area contributed by atoms with Gasteiger partial charge < -0.3 is 10.4 Å². The largest absolute Gasteiger partial charge is 0.390 e. The summed E-state index contributed by atoms with van der Waals surface area (Å²) in [6, 6.07) is 8.51. The van der Waals surface area contributed by atoms with E-state index in [9.17, 15) is 9.90 Å². The van der Waals surface area contributed by atoms with Crippen LogP contribution >= 0.6 is 0 Å². The molecular formula is C19H30N2O2. The number of aliphatic hydroxyl groups is 1. The van der Waals surface area contributed by atoms with E-state index >= 15 is 0 Å². The van der Waals surface area contributed by atoms with Gasteiger partial charge in [-0.25, -0.2) is 0 Å². The fourth-order valence-corrected chi connectivity index (χ4v) is 3.13. The molecule has 1 fully saturated rings. The summed E-state index contributed by atoms with van der Waals surface area (Å²) < 4.78 is 0. The van der Waals surface area contributed by atoms with Gasteiger partial charge in [0.1, 0.15) is 0 Å². The summed E-state index contributed by atoms with van der Waals surface area (Å²) in [6.45, 7) is 10.3. The van der Waals surface area contributed by atoms with Crippen LogP contribution in [0.5, 0.6) is 0 Å². The average Bonchev–Trinajstić information content (AvgIpc) is 2.45. The molecule has 23 heavy (non-hydrogen) atoms. The molecule has 128 valence electrons. The van der Waals surface area contributed by atoms with Crippen LogP contribution < -0.4 is 5.32 Å². The van der Waals surface area contributed by atoms with Crippen LogP contribution in [0.25, 0.3) is 0 Å². The number of nitrogens with one attached hydrogen (secondary N) is 1. The van der Waals surface area contributed by atoms with Crippen LogP contribution in [0.3, 0.4) is 0 Å². The zero-order chi connectivity index (χ0) is 17.0. The molecule has 1 atom stereocenters. The predicted octanol–water partition coefficient (Wildman–Crippen LogP) is 2.35. The second-order valence-corrected chi connectivity index (χ2v) is 7.58. The quantitative estimate of drug-likeness (QED) is 0.846. The molecule has 2 N–H and O–H groups in total. The number of hydrogen-bond donors (Lipinski definition) is 2. The van der Waals surface area contributed by atoms with Crippen LogP contribution in [0.1, 0.15) is 45.2 Å². The lowest BCUT2D eigenvalue weighted by atomic mass is 9.97. The van der Waals surface area contributed by atoms with Gasteiger partial charge in [-0.3, -0.25) is 9.69 Å². The standard InChI is InChI=1S/C19H30N2O2/c1-14(2)17-18(22)20-11-12-21(17)13-16-7-5-15(6-8-16)9-10-19(3,4)23/h5-8,14,17,23H,9-13H2,1-4H3,(H,20,22)/t17-/m0/s1. The maximum atomic E-state index is 12.1. The van der Waals surface area contributed by atoms with Crippen molar-refractivity contribution in [3.05, 3.63) is 35.4 Å². The summed E-state index contributed by atoms with van der Waals surface area (Å²) in [5, 5.41) is 12.8. The number of hydrogen-bond acceptors (Lipinski definition) is 3. The highest BCUT2D eigenvalue weighted by molar-refractivity contribution is 5.82. The number of nitrogens with zero attached hydrogens (tertiary/aromatic N) is 1. The van der Waals surface area contributed by atoms with Gasteiger partial charge in [0.05, 0.1) is 11.6 Å². The summed E-state index contributed by atoms with van der Waals surface area (Å²) in [5.41, 5.74) is 1.86. The summed E-state index contributed by atoms with van der Waals surface area (Å²) in [6.07, 6.45) is 1.64. The Morgan fingerprint density at radius 1 is 1.26 bits per heavy atom. The van der Waals surface area contributed by atoms with Gasteiger partial charge in [-0.15, -0.1) is 0 Å². The minimum Gasteiger partial charge on any atom is -0.390 e. The van der Waals surface area contributed by atoms with Gasteiger partial charge in [0.15, 0.2) is 0 Å². The van der Waals surface area contributed by atoms with Gasteiger partial charge in [0.2, 0.25) is 5.91 Å². The van der Waals surface area contributed by atoms with E-state index in [0.29, 0.717) is 5.92 Å². The monoisotopic (exact) mass is 318 g/mol. The molecule has 4 nitrogen and oxygen atoms in total. The molecule has 0 spiro atoms. The number of carbonyl (C=O) groups excluding carboxylic acids is 1. The number of amides is 1. The minimum atomic E-state index is -0.621. The van der Waals surface area contributed by atoms with Crippen molar-refractivity contribution in [3.8, 4) is 0 Å². The van der Waals surface area contributed by atoms with Gasteiger partial charge >= 0.3 is 0 Å². The minimum absolute atomic E-state index is 0.0429. The summed E-state index contributed by atoms with van der Waals surface area (Å²) in [5.74, 6) is 0.453. The van der Waals surface area contributed by atoms with Crippen LogP contribution in [0, 0.1) is 5.92 Å². The first kappa shape index (κ1) is 18.0. The highest BCUT2D eigenvalue weighted by Crippen LogP contribution is 2.19. The molecule has 2 rings (SSSR count). The van der Waals surface area contributed by atoms with E-state index in [-0.39, 0.29) is 11.9 Å². The van der Waals surface area contributed by atoms with Gasteiger partial charge in [0, 0.05) is 19.6 Å². The first-order valence-electron chi connectivity index (χ1n) is 8.58. The lowest BCUT2D eigenvalue weighted by Gasteiger charge is -2.37. The summed E-state index contributed by atoms with van der Waals surface area (Å²) >= 11 is 0. The van der Waals surface area contributed by atoms with Crippen LogP contribution in [-0.4, -0.2) is 40.6 Å². The SMILES string of the molecule is CC(C)[C@H]1C(=O)NCCN1Cc1ccc(CCC(C)(C)O)cc1. The number of aryl methyl sites for hydroxylation is 1. The summed E-state index contributed by atoms with van der Waals surface area (Å²) in [7, 11) is 0. The molecule has 1 saturated heterocycles. The Hall–Kier alpha value is -1.39. The van der Waals surface area contributed by atoms with Crippen LogP contribution in [0.4, 0.5) is 0 Å². The number of carbonyl (C=O) groups is 1. The maximum absolute atomic E-state index is 12.1. The van der Waals surface area contributed by atoms with Gasteiger partial charge in [0.25, 0.3) is 0 Å². The third-order valence-electron chi connectivity index (χ3n) is 4.43. The van der Waals surface area contributed by atoms with Gasteiger partial charge in [-0.05, 0) is 43.7 Å². The zero-order valence-electron chi connectivity index (χ0n) is 14.8. The Balaban J connectivity index is 1.98. The van der Waals surface area contributed by atoms with Crippen molar-refractivity contribution in [2.75, 3.05) is 13.1 Å². The molecule has 1 amide bonds. The molecule has 0 aliphatic carbocycles. The van der Waals surface area contributed by atoms with Crippen molar-refractivity contribution < 1.29 is 9.90 Å². The van der Waals surface area contributed by atoms with E-state index in [0.717, 1.165) is 32.5 Å². The third-order valence-corrected chi connectivity index (χ3v) is 4.43. The summed E-state index contributed by atoms with van der Waals surface area (Å²) in [4.78, 5) is 14.4. The van der Waals surface area contributed by atoms with Crippen molar-refractivity contribution in [2.24, 2.45) is 5.92 Å². The zero-order valence-corrected chi connectivity index (χ0v) is 14.8. The normalized spacial score (nSPS) is 19.9. The fraction of sp³-hybridized carbons (Fsp3) is 0.632. The van der Waals surface area contributed by atoms with E-state index in [2.05, 4.69) is 48.3 Å². The second kappa shape index (κ2) is 7.45. The average molecular weight is 318 g/mol. The molecule has 0 aromatic heterocycles. The Bertz CT molecular complexity index is 517. The van der Waals surface area contributed by atoms with Crippen molar-refractivity contribution in [2.45, 2.75) is 58.7 Å². The van der Waals surface area contributed by atoms with Crippen LogP contribution in [-0.2, 0) is 17.8 Å². The molecule has 1 aromatic carbocycles. The van der Waals surface area contributed by atoms with Crippen LogP contribution in [0.2, 0.25) is 0 Å². The molecule has 0 saturated carbocycles. The Morgan fingerprint density at radius 2 is 1.87 bits per heavy atom. The van der Waals surface area contributed by atoms with Gasteiger partial charge in [-0.1, -0.05) is 38.1 Å². The highest BCUT2D eigenvalue weighted by atomic mass is 16.3. The third kappa shape index (κ3) is 5.33. The first-order chi connectivity index (χ1) is 10.8. The lowest BCUT2D eigenvalue weighted by molar-refractivity contribution is -0.131. The molecule has 0 bridgehead atoms. The number of piperazine rings is 1. The highest BCUT2D eigenvalue weighted by Gasteiger charge is 2.31. The molecule has 1 aromatic rings. The van der Waals surface area contributed by atoms with E-state index in [1.807, 2.05) is 13.8 Å².